The van der Waals surface area contributed by atoms with Crippen molar-refractivity contribution in [3.05, 3.63) is 47.2 Å². The van der Waals surface area contributed by atoms with Crippen LogP contribution in [0.15, 0.2) is 36.1 Å². The molecule has 0 amide bonds. The van der Waals surface area contributed by atoms with Gasteiger partial charge >= 0.3 is 5.97 Å². The fourth-order valence-electron chi connectivity index (χ4n) is 4.20. The second kappa shape index (κ2) is 10.5. The molecule has 0 saturated carbocycles. The Kier molecular flexibility index (Phi) is 7.96. The molecule has 3 rings (SSSR count). The Balaban J connectivity index is 1.87. The molecular formula is C24H33O5P. The van der Waals surface area contributed by atoms with E-state index in [2.05, 4.69) is 38.6 Å². The number of fused-ring (bicyclic) bond motifs is 3. The van der Waals surface area contributed by atoms with Gasteiger partial charge in [0.2, 0.25) is 15.3 Å². The van der Waals surface area contributed by atoms with Crippen molar-refractivity contribution in [3.8, 4) is 11.5 Å². The first kappa shape index (κ1) is 22.8. The lowest BCUT2D eigenvalue weighted by atomic mass is 9.74. The average Bonchev–Trinajstić information content (AvgIpc) is 2.67. The molecule has 5 nitrogen and oxygen atoms in total. The van der Waals surface area contributed by atoms with E-state index in [4.69, 9.17) is 18.5 Å². The van der Waals surface area contributed by atoms with E-state index in [9.17, 15) is 4.79 Å². The highest BCUT2D eigenvalue weighted by Gasteiger charge is 2.37. The van der Waals surface area contributed by atoms with Gasteiger partial charge in [-0.25, -0.2) is 0 Å². The highest BCUT2D eigenvalue weighted by Crippen LogP contribution is 2.52. The first-order valence-electron chi connectivity index (χ1n) is 10.8. The van der Waals surface area contributed by atoms with Gasteiger partial charge in [-0.1, -0.05) is 38.0 Å². The van der Waals surface area contributed by atoms with Crippen molar-refractivity contribution in [2.45, 2.75) is 78.4 Å². The molecule has 30 heavy (non-hydrogen) atoms. The summed E-state index contributed by atoms with van der Waals surface area (Å²) in [5, 5.41) is 0. The van der Waals surface area contributed by atoms with Crippen LogP contribution in [-0.4, -0.2) is 12.3 Å². The predicted molar refractivity (Wildman–Crippen MR) is 120 cm³/mol. The third-order valence-corrected chi connectivity index (χ3v) is 6.40. The Morgan fingerprint density at radius 1 is 1.37 bits per heavy atom. The third kappa shape index (κ3) is 5.65. The first-order chi connectivity index (χ1) is 14.4. The highest BCUT2D eigenvalue weighted by molar-refractivity contribution is 7.26. The third-order valence-electron chi connectivity index (χ3n) is 5.67. The summed E-state index contributed by atoms with van der Waals surface area (Å²) in [5.41, 5.74) is 3.65. The van der Waals surface area contributed by atoms with Gasteiger partial charge in [0, 0.05) is 24.3 Å². The zero-order valence-corrected chi connectivity index (χ0v) is 19.5. The minimum atomic E-state index is -0.648. The quantitative estimate of drug-likeness (QED) is 0.145. The molecule has 4 atom stereocenters. The van der Waals surface area contributed by atoms with Crippen LogP contribution in [0, 0.1) is 5.92 Å². The van der Waals surface area contributed by atoms with Crippen molar-refractivity contribution < 1.29 is 23.3 Å². The molecule has 0 bridgehead atoms. The number of aryl methyl sites for hydroxylation is 1. The first-order valence-corrected chi connectivity index (χ1v) is 11.7. The number of benzene rings is 1. The maximum atomic E-state index is 11.1. The number of rotatable bonds is 9. The summed E-state index contributed by atoms with van der Waals surface area (Å²) in [6.07, 6.45) is 8.25. The molecule has 0 radical (unpaired) electrons. The van der Waals surface area contributed by atoms with Gasteiger partial charge < -0.3 is 14.0 Å². The van der Waals surface area contributed by atoms with Crippen LogP contribution >= 0.6 is 9.03 Å². The highest BCUT2D eigenvalue weighted by atomic mass is 31.1. The predicted octanol–water partition coefficient (Wildman–Crippen LogP) is 6.58. The van der Waals surface area contributed by atoms with Crippen molar-refractivity contribution in [1.29, 1.82) is 0 Å². The monoisotopic (exact) mass is 432 g/mol. The zero-order valence-electron chi connectivity index (χ0n) is 18.5. The van der Waals surface area contributed by atoms with Crippen LogP contribution < -0.4 is 9.26 Å². The number of hydrogen-bond acceptors (Lipinski definition) is 5. The lowest BCUT2D eigenvalue weighted by molar-refractivity contribution is -0.157. The minimum absolute atomic E-state index is 0.199. The van der Waals surface area contributed by atoms with Gasteiger partial charge in [0.25, 0.3) is 0 Å². The summed E-state index contributed by atoms with van der Waals surface area (Å²) in [5.74, 6) is 2.56. The molecular weight excluding hydrogens is 399 g/mol. The summed E-state index contributed by atoms with van der Waals surface area (Å²) in [7, 11) is -0.277. The number of hydrogen-bond donors (Lipinski definition) is 0. The number of carbonyl (C=O) groups excluding carboxylic acids is 1. The Hall–Kier alpha value is -1.84. The average molecular weight is 432 g/mol. The molecule has 1 aromatic rings. The smallest absolute Gasteiger partial charge is 0.304 e. The maximum absolute atomic E-state index is 11.1. The lowest BCUT2D eigenvalue weighted by Crippen LogP contribution is -2.26. The summed E-state index contributed by atoms with van der Waals surface area (Å²) in [6, 6.07) is 4.26. The molecule has 164 valence electrons. The summed E-state index contributed by atoms with van der Waals surface area (Å²) in [4.78, 5) is 11.1. The van der Waals surface area contributed by atoms with Crippen LogP contribution in [0.2, 0.25) is 0 Å². The molecule has 0 fully saturated rings. The number of allylic oxidation sites excluding steroid dienone is 3. The SMILES string of the molecule is C=C1Oc2cc(CCCCC)cc(OPOC(C)OC(C)=O)c2C2C=C(C)CCC12. The van der Waals surface area contributed by atoms with E-state index in [0.29, 0.717) is 0 Å². The Morgan fingerprint density at radius 2 is 2.17 bits per heavy atom. The van der Waals surface area contributed by atoms with E-state index < -0.39 is 6.29 Å². The molecule has 0 spiro atoms. The molecule has 4 unspecified atom stereocenters. The van der Waals surface area contributed by atoms with Crippen LogP contribution in [0.3, 0.4) is 0 Å². The van der Waals surface area contributed by atoms with Gasteiger partial charge in [0.05, 0.1) is 0 Å². The molecule has 1 aromatic carbocycles. The largest absolute Gasteiger partial charge is 0.462 e. The van der Waals surface area contributed by atoms with Crippen molar-refractivity contribution >= 4 is 15.0 Å². The second-order valence-electron chi connectivity index (χ2n) is 8.20. The van der Waals surface area contributed by atoms with Gasteiger partial charge in [-0.15, -0.1) is 0 Å². The van der Waals surface area contributed by atoms with Crippen LogP contribution in [-0.2, 0) is 20.5 Å². The number of unbranched alkanes of at least 4 members (excludes halogenated alkanes) is 2. The van der Waals surface area contributed by atoms with Crippen molar-refractivity contribution in [1.82, 2.24) is 0 Å². The minimum Gasteiger partial charge on any atom is -0.462 e. The fraction of sp³-hybridized carbons (Fsp3) is 0.542. The van der Waals surface area contributed by atoms with E-state index in [1.165, 1.54) is 30.9 Å². The Labute approximate surface area is 181 Å². The molecule has 6 heteroatoms. The molecule has 1 heterocycles. The van der Waals surface area contributed by atoms with Crippen LogP contribution in [0.5, 0.6) is 11.5 Å². The fourth-order valence-corrected chi connectivity index (χ4v) is 4.69. The number of esters is 1. The van der Waals surface area contributed by atoms with E-state index >= 15 is 0 Å². The van der Waals surface area contributed by atoms with Gasteiger partial charge in [0.15, 0.2) is 0 Å². The number of carbonyl (C=O) groups is 1. The van der Waals surface area contributed by atoms with Crippen LogP contribution in [0.1, 0.15) is 76.8 Å². The normalized spacial score (nSPS) is 21.5. The number of ether oxygens (including phenoxy) is 2. The lowest BCUT2D eigenvalue weighted by Gasteiger charge is -2.37. The second-order valence-corrected chi connectivity index (χ2v) is 8.80. The molecule has 0 aromatic heterocycles. The topological polar surface area (TPSA) is 54.0 Å². The zero-order chi connectivity index (χ0) is 21.7. The van der Waals surface area contributed by atoms with Gasteiger partial charge in [-0.3, -0.25) is 9.32 Å². The van der Waals surface area contributed by atoms with E-state index in [1.54, 1.807) is 6.92 Å². The van der Waals surface area contributed by atoms with Crippen molar-refractivity contribution in [3.63, 3.8) is 0 Å². The molecule has 1 aliphatic heterocycles. The van der Waals surface area contributed by atoms with Gasteiger partial charge in [0.1, 0.15) is 17.3 Å². The summed E-state index contributed by atoms with van der Waals surface area (Å²) < 4.78 is 22.9. The molecule has 1 aliphatic carbocycles. The van der Waals surface area contributed by atoms with Gasteiger partial charge in [-0.05, 0) is 57.2 Å². The van der Waals surface area contributed by atoms with Gasteiger partial charge in [-0.2, -0.15) is 0 Å². The molecule has 0 N–H and O–H groups in total. The Morgan fingerprint density at radius 3 is 2.90 bits per heavy atom. The van der Waals surface area contributed by atoms with E-state index in [0.717, 1.165) is 48.5 Å². The van der Waals surface area contributed by atoms with E-state index in [1.807, 2.05) is 0 Å². The molecule has 0 saturated heterocycles. The molecule has 2 aliphatic rings. The van der Waals surface area contributed by atoms with E-state index in [-0.39, 0.29) is 26.8 Å². The summed E-state index contributed by atoms with van der Waals surface area (Å²) >= 11 is 0. The van der Waals surface area contributed by atoms with Crippen LogP contribution in [0.4, 0.5) is 0 Å². The van der Waals surface area contributed by atoms with Crippen LogP contribution in [0.25, 0.3) is 0 Å². The Bertz CT molecular complexity index is 816. The summed E-state index contributed by atoms with van der Waals surface area (Å²) in [6.45, 7) is 11.6. The standard InChI is InChI=1S/C24H33O5P/c1-6-7-8-9-19-13-22-24(21-12-15(2)10-11-20(21)16(3)26-22)23(14-19)29-30-28-18(5)27-17(4)25/h12-14,18,20-21,30H,3,6-11H2,1-2,4-5H3. The van der Waals surface area contributed by atoms with Crippen molar-refractivity contribution in [2.75, 3.05) is 0 Å². The van der Waals surface area contributed by atoms with Crippen molar-refractivity contribution in [2.24, 2.45) is 5.92 Å². The maximum Gasteiger partial charge on any atom is 0.304 e.